The van der Waals surface area contributed by atoms with Crippen molar-refractivity contribution in [3.63, 3.8) is 0 Å². The molecule has 192 valence electrons. The molecule has 0 saturated heterocycles. The largest absolute Gasteiger partial charge is 0.508 e. The summed E-state index contributed by atoms with van der Waals surface area (Å²) in [5.74, 6) is -2.03. The van der Waals surface area contributed by atoms with Gasteiger partial charge in [0, 0.05) is 17.9 Å². The lowest BCUT2D eigenvalue weighted by molar-refractivity contribution is -0.142. The van der Waals surface area contributed by atoms with E-state index in [4.69, 9.17) is 11.5 Å². The highest BCUT2D eigenvalue weighted by atomic mass is 32.2. The third-order valence-corrected chi connectivity index (χ3v) is 5.62. The molecule has 0 aromatic heterocycles. The van der Waals surface area contributed by atoms with Crippen LogP contribution in [0.3, 0.4) is 0 Å². The van der Waals surface area contributed by atoms with Gasteiger partial charge in [-0.25, -0.2) is 9.59 Å². The predicted octanol–water partition coefficient (Wildman–Crippen LogP) is 2.14. The van der Waals surface area contributed by atoms with Crippen LogP contribution in [0, 0.1) is 0 Å². The summed E-state index contributed by atoms with van der Waals surface area (Å²) in [4.78, 5) is 41.9. The second kappa shape index (κ2) is 14.3. The number of benzene rings is 2. The Labute approximate surface area is 212 Å². The van der Waals surface area contributed by atoms with Crippen LogP contribution in [0.15, 0.2) is 68.6 Å². The normalized spacial score (nSPS) is 12.5. The summed E-state index contributed by atoms with van der Waals surface area (Å²) >= 11 is 1.56. The molecule has 2 atom stereocenters. The number of rotatable bonds is 12. The molecule has 0 aliphatic rings. The number of amides is 3. The number of aliphatic carboxylic acids is 1. The highest BCUT2D eigenvalue weighted by Crippen LogP contribution is 2.19. The number of aromatic hydroxyl groups is 1. The second-order valence-electron chi connectivity index (χ2n) is 7.62. The van der Waals surface area contributed by atoms with E-state index in [1.807, 2.05) is 18.4 Å². The van der Waals surface area contributed by atoms with Gasteiger partial charge in [-0.15, -0.1) is 16.9 Å². The fourth-order valence-corrected chi connectivity index (χ4v) is 3.45. The highest BCUT2D eigenvalue weighted by Gasteiger charge is 2.26. The molecule has 2 unspecified atom stereocenters. The number of phenols is 1. The molecule has 2 aromatic rings. The van der Waals surface area contributed by atoms with Crippen molar-refractivity contribution in [3.05, 3.63) is 54.1 Å². The quantitative estimate of drug-likeness (QED) is 0.0810. The number of carbonyl (C=O) groups is 3. The van der Waals surface area contributed by atoms with Gasteiger partial charge in [-0.1, -0.05) is 17.2 Å². The predicted molar refractivity (Wildman–Crippen MR) is 136 cm³/mol. The van der Waals surface area contributed by atoms with Gasteiger partial charge in [0.25, 0.3) is 0 Å². The number of guanidine groups is 1. The van der Waals surface area contributed by atoms with Gasteiger partial charge in [0.05, 0.1) is 5.69 Å². The molecular formula is C23H29N7O5S. The first-order valence-electron chi connectivity index (χ1n) is 10.9. The molecule has 3 amide bonds. The van der Waals surface area contributed by atoms with Gasteiger partial charge in [-0.3, -0.25) is 9.79 Å². The van der Waals surface area contributed by atoms with E-state index in [1.165, 1.54) is 12.1 Å². The summed E-state index contributed by atoms with van der Waals surface area (Å²) in [6, 6.07) is 9.85. The van der Waals surface area contributed by atoms with Gasteiger partial charge in [0.2, 0.25) is 5.91 Å². The number of azo groups is 1. The molecule has 0 heterocycles. The number of carbonyl (C=O) groups excluding carboxylic acids is 2. The Kier molecular flexibility index (Phi) is 11.2. The number of carboxylic acid groups (broad SMARTS) is 1. The first kappa shape index (κ1) is 28.1. The number of hydrogen-bond donors (Lipinski definition) is 6. The van der Waals surface area contributed by atoms with Gasteiger partial charge < -0.3 is 32.3 Å². The summed E-state index contributed by atoms with van der Waals surface area (Å²) in [5, 5.41) is 31.4. The standard InChI is InChI=1S/C23H29N7O5S/c1-36-17-10-6-15(7-11-17)29-30-23(35)28-19(13-14-4-8-16(31)9-5-14)20(32)27-18(21(33)34)3-2-12-26-22(24)25/h4-11,18-19,31H,2-3,12-13H2,1H3,(H,27,32)(H,28,35)(H,33,34)(H4,24,25,26). The van der Waals surface area contributed by atoms with Crippen LogP contribution in [0.25, 0.3) is 0 Å². The SMILES string of the molecule is CSc1ccc(N=NC(=O)NC(Cc2ccc(O)cc2)C(=O)NC(CCCN=C(N)N)C(=O)O)cc1. The van der Waals surface area contributed by atoms with Crippen molar-refractivity contribution in [2.24, 2.45) is 26.7 Å². The Morgan fingerprint density at radius 3 is 2.25 bits per heavy atom. The van der Waals surface area contributed by atoms with E-state index in [-0.39, 0.29) is 31.1 Å². The highest BCUT2D eigenvalue weighted by molar-refractivity contribution is 7.98. The van der Waals surface area contributed by atoms with Crippen molar-refractivity contribution in [2.45, 2.75) is 36.2 Å². The van der Waals surface area contributed by atoms with E-state index in [0.717, 1.165) is 4.90 Å². The van der Waals surface area contributed by atoms with E-state index < -0.39 is 30.0 Å². The summed E-state index contributed by atoms with van der Waals surface area (Å²) < 4.78 is 0. The van der Waals surface area contributed by atoms with Crippen LogP contribution in [0.2, 0.25) is 0 Å². The first-order valence-corrected chi connectivity index (χ1v) is 12.1. The lowest BCUT2D eigenvalue weighted by Gasteiger charge is -2.20. The topological polar surface area (TPSA) is 205 Å². The molecule has 0 aliphatic carbocycles. The van der Waals surface area contributed by atoms with Gasteiger partial charge in [0.15, 0.2) is 5.96 Å². The van der Waals surface area contributed by atoms with Crippen LogP contribution in [-0.2, 0) is 16.0 Å². The third kappa shape index (κ3) is 10.0. The molecule has 36 heavy (non-hydrogen) atoms. The number of thioether (sulfide) groups is 1. The number of hydrogen-bond acceptors (Lipinski definition) is 7. The zero-order valence-electron chi connectivity index (χ0n) is 19.6. The van der Waals surface area contributed by atoms with Gasteiger partial charge >= 0.3 is 12.0 Å². The van der Waals surface area contributed by atoms with Crippen molar-refractivity contribution in [2.75, 3.05) is 12.8 Å². The van der Waals surface area contributed by atoms with Crippen LogP contribution in [-0.4, -0.2) is 59.0 Å². The second-order valence-corrected chi connectivity index (χ2v) is 8.50. The fraction of sp³-hybridized carbons (Fsp3) is 0.304. The molecule has 0 fully saturated rings. The van der Waals surface area contributed by atoms with E-state index in [2.05, 4.69) is 25.9 Å². The van der Waals surface area contributed by atoms with Gasteiger partial charge in [0.1, 0.15) is 17.8 Å². The summed E-state index contributed by atoms with van der Waals surface area (Å²) in [6.45, 7) is 0.202. The first-order chi connectivity index (χ1) is 17.2. The maximum Gasteiger partial charge on any atom is 0.360 e. The summed E-state index contributed by atoms with van der Waals surface area (Å²) in [7, 11) is 0. The lowest BCUT2D eigenvalue weighted by atomic mass is 10.0. The molecule has 2 aromatic carbocycles. The third-order valence-electron chi connectivity index (χ3n) is 4.88. The van der Waals surface area contributed by atoms with Crippen LogP contribution >= 0.6 is 11.8 Å². The zero-order valence-corrected chi connectivity index (χ0v) is 20.4. The number of carboxylic acids is 1. The number of aliphatic imine (C=N–C) groups is 1. The van der Waals surface area contributed by atoms with E-state index in [0.29, 0.717) is 17.7 Å². The van der Waals surface area contributed by atoms with Crippen molar-refractivity contribution in [1.29, 1.82) is 0 Å². The van der Waals surface area contributed by atoms with Crippen molar-refractivity contribution in [3.8, 4) is 5.75 Å². The minimum Gasteiger partial charge on any atom is -0.508 e. The van der Waals surface area contributed by atoms with Crippen molar-refractivity contribution in [1.82, 2.24) is 10.6 Å². The number of phenolic OH excluding ortho intramolecular Hbond substituents is 1. The molecule has 0 aliphatic heterocycles. The molecule has 12 nitrogen and oxygen atoms in total. The van der Waals surface area contributed by atoms with Crippen molar-refractivity contribution < 1.29 is 24.6 Å². The van der Waals surface area contributed by atoms with Gasteiger partial charge in [-0.05, 0) is 61.1 Å². The minimum absolute atomic E-state index is 0.0239. The summed E-state index contributed by atoms with van der Waals surface area (Å²) in [6.07, 6.45) is 2.34. The van der Waals surface area contributed by atoms with Gasteiger partial charge in [-0.2, -0.15) is 0 Å². The average molecular weight is 516 g/mol. The molecule has 2 rings (SSSR count). The maximum absolute atomic E-state index is 13.0. The maximum atomic E-state index is 13.0. The Balaban J connectivity index is 2.11. The molecule has 0 spiro atoms. The Morgan fingerprint density at radius 1 is 1.00 bits per heavy atom. The number of urea groups is 1. The van der Waals surface area contributed by atoms with Crippen LogP contribution in [0.5, 0.6) is 5.75 Å². The monoisotopic (exact) mass is 515 g/mol. The fourth-order valence-electron chi connectivity index (χ4n) is 3.04. The molecule has 0 bridgehead atoms. The molecule has 0 radical (unpaired) electrons. The van der Waals surface area contributed by atoms with Crippen LogP contribution < -0.4 is 22.1 Å². The Hall–Kier alpha value is -4.13. The molecule has 0 saturated carbocycles. The molecule has 8 N–H and O–H groups in total. The van der Waals surface area contributed by atoms with Crippen LogP contribution in [0.4, 0.5) is 10.5 Å². The molecular weight excluding hydrogens is 486 g/mol. The van der Waals surface area contributed by atoms with Crippen LogP contribution in [0.1, 0.15) is 18.4 Å². The lowest BCUT2D eigenvalue weighted by Crippen LogP contribution is -2.52. The van der Waals surface area contributed by atoms with Crippen molar-refractivity contribution >= 4 is 41.3 Å². The number of nitrogens with one attached hydrogen (secondary N) is 2. The minimum atomic E-state index is -1.24. The zero-order chi connectivity index (χ0) is 26.5. The smallest absolute Gasteiger partial charge is 0.360 e. The Morgan fingerprint density at radius 2 is 1.67 bits per heavy atom. The molecule has 13 heteroatoms. The average Bonchev–Trinajstić information content (AvgIpc) is 2.85. The van der Waals surface area contributed by atoms with E-state index >= 15 is 0 Å². The summed E-state index contributed by atoms with van der Waals surface area (Å²) in [5.41, 5.74) is 11.6. The Bertz CT molecular complexity index is 1090. The van der Waals surface area contributed by atoms with E-state index in [1.54, 1.807) is 36.0 Å². The number of nitrogens with zero attached hydrogens (tertiary/aromatic N) is 3. The van der Waals surface area contributed by atoms with E-state index in [9.17, 15) is 24.6 Å². The number of nitrogens with two attached hydrogens (primary N) is 2.